The molecule has 0 saturated carbocycles. The maximum absolute atomic E-state index is 12.8. The number of amides is 2. The zero-order chi connectivity index (χ0) is 22.1. The molecule has 1 fully saturated rings. The molecule has 1 heterocycles. The minimum Gasteiger partial charge on any atom is -0.480 e. The van der Waals surface area contributed by atoms with E-state index in [0.717, 1.165) is 5.56 Å². The van der Waals surface area contributed by atoms with Crippen LogP contribution in [0.1, 0.15) is 31.2 Å². The Labute approximate surface area is 175 Å². The van der Waals surface area contributed by atoms with Gasteiger partial charge in [-0.1, -0.05) is 30.3 Å². The molecule has 0 aliphatic carbocycles. The summed E-state index contributed by atoms with van der Waals surface area (Å²) in [6.45, 7) is 0.780. The molecular formula is C20H30N6O4. The predicted molar refractivity (Wildman–Crippen MR) is 112 cm³/mol. The lowest BCUT2D eigenvalue weighted by molar-refractivity contribution is -0.144. The van der Waals surface area contributed by atoms with Gasteiger partial charge in [0.15, 0.2) is 5.96 Å². The Morgan fingerprint density at radius 1 is 1.23 bits per heavy atom. The van der Waals surface area contributed by atoms with Crippen LogP contribution in [0.4, 0.5) is 0 Å². The third-order valence-electron chi connectivity index (χ3n) is 5.02. The third-order valence-corrected chi connectivity index (χ3v) is 5.02. The predicted octanol–water partition coefficient (Wildman–Crippen LogP) is -0.830. The van der Waals surface area contributed by atoms with Gasteiger partial charge in [-0.2, -0.15) is 0 Å². The summed E-state index contributed by atoms with van der Waals surface area (Å²) >= 11 is 0. The van der Waals surface area contributed by atoms with Gasteiger partial charge in [0, 0.05) is 19.5 Å². The zero-order valence-electron chi connectivity index (χ0n) is 16.9. The lowest BCUT2D eigenvalue weighted by atomic mass is 10.0. The Morgan fingerprint density at radius 3 is 2.57 bits per heavy atom. The normalized spacial score (nSPS) is 17.8. The molecule has 0 radical (unpaired) electrons. The fourth-order valence-electron chi connectivity index (χ4n) is 3.48. The van der Waals surface area contributed by atoms with E-state index in [0.29, 0.717) is 38.8 Å². The second-order valence-corrected chi connectivity index (χ2v) is 7.33. The molecule has 0 spiro atoms. The Hall–Kier alpha value is -3.14. The monoisotopic (exact) mass is 418 g/mol. The molecular weight excluding hydrogens is 388 g/mol. The zero-order valence-corrected chi connectivity index (χ0v) is 16.9. The molecule has 8 N–H and O–H groups in total. The van der Waals surface area contributed by atoms with Crippen LogP contribution >= 0.6 is 0 Å². The highest BCUT2D eigenvalue weighted by Gasteiger charge is 2.37. The number of guanidine groups is 1. The summed E-state index contributed by atoms with van der Waals surface area (Å²) in [4.78, 5) is 42.4. The first-order valence-corrected chi connectivity index (χ1v) is 9.98. The fourth-order valence-corrected chi connectivity index (χ4v) is 3.48. The van der Waals surface area contributed by atoms with Crippen molar-refractivity contribution in [3.63, 3.8) is 0 Å². The number of nitrogens with zero attached hydrogens (tertiary/aromatic N) is 2. The van der Waals surface area contributed by atoms with Crippen LogP contribution in [0.2, 0.25) is 0 Å². The number of carboxylic acids is 1. The Morgan fingerprint density at radius 2 is 1.93 bits per heavy atom. The lowest BCUT2D eigenvalue weighted by Crippen LogP contribution is -2.54. The summed E-state index contributed by atoms with van der Waals surface area (Å²) in [5.74, 6) is -1.95. The average Bonchev–Trinajstić information content (AvgIpc) is 3.20. The summed E-state index contributed by atoms with van der Waals surface area (Å²) in [5, 5.41) is 12.1. The molecule has 30 heavy (non-hydrogen) atoms. The van der Waals surface area contributed by atoms with E-state index in [1.165, 1.54) is 4.90 Å². The molecule has 2 rings (SSSR count). The molecule has 1 aliphatic heterocycles. The van der Waals surface area contributed by atoms with Crippen LogP contribution in [0.5, 0.6) is 0 Å². The van der Waals surface area contributed by atoms with E-state index in [1.807, 2.05) is 18.2 Å². The smallest absolute Gasteiger partial charge is 0.326 e. The van der Waals surface area contributed by atoms with E-state index in [4.69, 9.17) is 17.2 Å². The molecule has 0 unspecified atom stereocenters. The Bertz CT molecular complexity index is 766. The average molecular weight is 418 g/mol. The van der Waals surface area contributed by atoms with Gasteiger partial charge in [0.05, 0.1) is 6.04 Å². The van der Waals surface area contributed by atoms with E-state index in [1.54, 1.807) is 12.1 Å². The molecule has 10 nitrogen and oxygen atoms in total. The third kappa shape index (κ3) is 6.73. The Kier molecular flexibility index (Phi) is 8.60. The van der Waals surface area contributed by atoms with Gasteiger partial charge in [0.25, 0.3) is 0 Å². The number of hydrogen-bond donors (Lipinski definition) is 5. The highest BCUT2D eigenvalue weighted by atomic mass is 16.4. The van der Waals surface area contributed by atoms with E-state index >= 15 is 0 Å². The van der Waals surface area contributed by atoms with Gasteiger partial charge in [-0.3, -0.25) is 14.6 Å². The summed E-state index contributed by atoms with van der Waals surface area (Å²) in [6, 6.07) is 6.48. The highest BCUT2D eigenvalue weighted by molar-refractivity contribution is 5.92. The van der Waals surface area contributed by atoms with E-state index in [2.05, 4.69) is 10.3 Å². The van der Waals surface area contributed by atoms with Crippen LogP contribution in [0.25, 0.3) is 0 Å². The van der Waals surface area contributed by atoms with Gasteiger partial charge < -0.3 is 32.5 Å². The number of hydrogen-bond acceptors (Lipinski definition) is 5. The molecule has 1 saturated heterocycles. The summed E-state index contributed by atoms with van der Waals surface area (Å²) in [6.07, 6.45) is 2.20. The highest BCUT2D eigenvalue weighted by Crippen LogP contribution is 2.19. The summed E-state index contributed by atoms with van der Waals surface area (Å²) in [5.41, 5.74) is 17.3. The standard InChI is InChI=1S/C20H30N6O4/c21-14(8-4-10-24-20(22)23)18(28)26-11-5-9-16(26)17(27)25-15(19(29)30)12-13-6-2-1-3-7-13/h1-3,6-7,14-16H,4-5,8-12,21H2,(H,25,27)(H,29,30)(H4,22,23,24)/t14-,15-,16-/m0/s1. The molecule has 10 heteroatoms. The van der Waals surface area contributed by atoms with Crippen LogP contribution in [0.3, 0.4) is 0 Å². The van der Waals surface area contributed by atoms with Crippen LogP contribution in [-0.4, -0.2) is 65.0 Å². The minimum absolute atomic E-state index is 0.0188. The number of nitrogens with two attached hydrogens (primary N) is 3. The van der Waals surface area contributed by atoms with Crippen molar-refractivity contribution < 1.29 is 19.5 Å². The van der Waals surface area contributed by atoms with Crippen molar-refractivity contribution in [2.45, 2.75) is 50.2 Å². The van der Waals surface area contributed by atoms with E-state index < -0.39 is 30.0 Å². The number of rotatable bonds is 10. The lowest BCUT2D eigenvalue weighted by Gasteiger charge is -2.27. The number of carbonyl (C=O) groups excluding carboxylic acids is 2. The molecule has 3 atom stereocenters. The van der Waals surface area contributed by atoms with Crippen molar-refractivity contribution >= 4 is 23.7 Å². The molecule has 1 aromatic carbocycles. The van der Waals surface area contributed by atoms with Gasteiger partial charge in [0.2, 0.25) is 11.8 Å². The van der Waals surface area contributed by atoms with E-state index in [-0.39, 0.29) is 18.3 Å². The largest absolute Gasteiger partial charge is 0.480 e. The number of aliphatic carboxylic acids is 1. The van der Waals surface area contributed by atoms with Gasteiger partial charge >= 0.3 is 5.97 Å². The van der Waals surface area contributed by atoms with Crippen LogP contribution in [0, 0.1) is 0 Å². The second-order valence-electron chi connectivity index (χ2n) is 7.33. The van der Waals surface area contributed by atoms with Crippen LogP contribution in [0.15, 0.2) is 35.3 Å². The van der Waals surface area contributed by atoms with Crippen molar-refractivity contribution in [3.05, 3.63) is 35.9 Å². The Balaban J connectivity index is 1.95. The number of carboxylic acid groups (broad SMARTS) is 1. The summed E-state index contributed by atoms with van der Waals surface area (Å²) < 4.78 is 0. The van der Waals surface area contributed by atoms with Crippen molar-refractivity contribution in [3.8, 4) is 0 Å². The van der Waals surface area contributed by atoms with Gasteiger partial charge in [0.1, 0.15) is 12.1 Å². The van der Waals surface area contributed by atoms with Crippen molar-refractivity contribution in [1.82, 2.24) is 10.2 Å². The van der Waals surface area contributed by atoms with Crippen LogP contribution in [-0.2, 0) is 20.8 Å². The molecule has 0 aromatic heterocycles. The van der Waals surface area contributed by atoms with Gasteiger partial charge in [-0.25, -0.2) is 4.79 Å². The maximum atomic E-state index is 12.8. The van der Waals surface area contributed by atoms with Crippen LogP contribution < -0.4 is 22.5 Å². The SMILES string of the molecule is NC(N)=NCCC[C@H](N)C(=O)N1CCC[C@H]1C(=O)N[C@@H](Cc1ccccc1)C(=O)O. The second kappa shape index (κ2) is 11.1. The van der Waals surface area contributed by atoms with Gasteiger partial charge in [-0.15, -0.1) is 0 Å². The first-order chi connectivity index (χ1) is 14.3. The number of aliphatic imine (C=N–C) groups is 1. The van der Waals surface area contributed by atoms with E-state index in [9.17, 15) is 19.5 Å². The van der Waals surface area contributed by atoms with Crippen molar-refractivity contribution in [2.75, 3.05) is 13.1 Å². The number of carbonyl (C=O) groups is 3. The fraction of sp³-hybridized carbons (Fsp3) is 0.500. The first-order valence-electron chi connectivity index (χ1n) is 9.98. The topological polar surface area (TPSA) is 177 Å². The number of benzene rings is 1. The molecule has 2 amide bonds. The van der Waals surface area contributed by atoms with Crippen molar-refractivity contribution in [2.24, 2.45) is 22.2 Å². The first kappa shape index (κ1) is 23.1. The number of likely N-dealkylation sites (tertiary alicyclic amines) is 1. The molecule has 1 aromatic rings. The number of nitrogens with one attached hydrogen (secondary N) is 1. The molecule has 0 bridgehead atoms. The van der Waals surface area contributed by atoms with Gasteiger partial charge in [-0.05, 0) is 31.2 Å². The summed E-state index contributed by atoms with van der Waals surface area (Å²) in [7, 11) is 0. The van der Waals surface area contributed by atoms with Crippen molar-refractivity contribution in [1.29, 1.82) is 0 Å². The molecule has 1 aliphatic rings. The minimum atomic E-state index is -1.13. The molecule has 164 valence electrons. The maximum Gasteiger partial charge on any atom is 0.326 e. The quantitative estimate of drug-likeness (QED) is 0.187.